The van der Waals surface area contributed by atoms with Gasteiger partial charge in [0.15, 0.2) is 5.58 Å². The van der Waals surface area contributed by atoms with E-state index in [2.05, 4.69) is 101 Å². The normalized spacial score (nSPS) is 11.1. The number of pyridine rings is 1. The van der Waals surface area contributed by atoms with Crippen LogP contribution in [0.3, 0.4) is 0 Å². The van der Waals surface area contributed by atoms with E-state index in [1.807, 2.05) is 18.2 Å². The number of hydrogen-bond acceptors (Lipinski definition) is 3. The lowest BCUT2D eigenvalue weighted by atomic mass is 10.0. The predicted octanol–water partition coefficient (Wildman–Crippen LogP) is 8.12. The van der Waals surface area contributed by atoms with Crippen molar-refractivity contribution >= 4 is 39.0 Å². The van der Waals surface area contributed by atoms with Gasteiger partial charge in [-0.15, -0.1) is 0 Å². The topological polar surface area (TPSA) is 29.3 Å². The number of para-hydroxylation sites is 1. The summed E-state index contributed by atoms with van der Waals surface area (Å²) in [5, 5.41) is 2.18. The number of fused-ring (bicyclic) bond motifs is 3. The lowest BCUT2D eigenvalue weighted by Gasteiger charge is -2.25. The summed E-state index contributed by atoms with van der Waals surface area (Å²) in [5.74, 6) is 0. The number of nitrogens with zero attached hydrogens (tertiary/aromatic N) is 2. The molecule has 0 spiro atoms. The Morgan fingerprint density at radius 3 is 1.94 bits per heavy atom. The lowest BCUT2D eigenvalue weighted by Crippen LogP contribution is -2.09. The minimum Gasteiger partial charge on any atom is -0.454 e. The van der Waals surface area contributed by atoms with Gasteiger partial charge in [-0.2, -0.15) is 0 Å². The monoisotopic (exact) mass is 412 g/mol. The molecule has 3 nitrogen and oxygen atoms in total. The SMILES string of the molecule is c1ccc(-c2ccc(N(c3ccccc3)c3ccc4c(c3)oc3cnccc34)cc2)cc1. The van der Waals surface area contributed by atoms with E-state index in [0.29, 0.717) is 0 Å². The van der Waals surface area contributed by atoms with Gasteiger partial charge >= 0.3 is 0 Å². The summed E-state index contributed by atoms with van der Waals surface area (Å²) in [5.41, 5.74) is 7.30. The van der Waals surface area contributed by atoms with Crippen LogP contribution in [0.15, 0.2) is 126 Å². The van der Waals surface area contributed by atoms with Gasteiger partial charge in [-0.05, 0) is 53.6 Å². The van der Waals surface area contributed by atoms with Crippen LogP contribution in [-0.4, -0.2) is 4.98 Å². The quantitative estimate of drug-likeness (QED) is 0.293. The molecule has 6 rings (SSSR count). The van der Waals surface area contributed by atoms with Crippen molar-refractivity contribution in [2.75, 3.05) is 4.90 Å². The van der Waals surface area contributed by atoms with E-state index in [1.165, 1.54) is 11.1 Å². The van der Waals surface area contributed by atoms with Crippen LogP contribution in [0, 0.1) is 0 Å². The van der Waals surface area contributed by atoms with Gasteiger partial charge in [0.25, 0.3) is 0 Å². The number of aromatic nitrogens is 1. The highest BCUT2D eigenvalue weighted by Crippen LogP contribution is 2.38. The number of anilines is 3. The molecule has 0 atom stereocenters. The first kappa shape index (κ1) is 18.4. The average molecular weight is 412 g/mol. The summed E-state index contributed by atoms with van der Waals surface area (Å²) < 4.78 is 6.10. The molecular weight excluding hydrogens is 392 g/mol. The number of furan rings is 1. The molecule has 0 aliphatic rings. The fourth-order valence-corrected chi connectivity index (χ4v) is 4.22. The lowest BCUT2D eigenvalue weighted by molar-refractivity contribution is 0.667. The van der Waals surface area contributed by atoms with Gasteiger partial charge < -0.3 is 9.32 Å². The van der Waals surface area contributed by atoms with Crippen LogP contribution < -0.4 is 4.90 Å². The largest absolute Gasteiger partial charge is 0.454 e. The molecule has 152 valence electrons. The van der Waals surface area contributed by atoms with Crippen LogP contribution in [0.1, 0.15) is 0 Å². The highest BCUT2D eigenvalue weighted by atomic mass is 16.3. The highest BCUT2D eigenvalue weighted by molar-refractivity contribution is 6.05. The second-order valence-electron chi connectivity index (χ2n) is 7.74. The molecule has 0 fully saturated rings. The smallest absolute Gasteiger partial charge is 0.153 e. The first-order valence-corrected chi connectivity index (χ1v) is 10.6. The summed E-state index contributed by atoms with van der Waals surface area (Å²) in [6.07, 6.45) is 3.57. The van der Waals surface area contributed by atoms with Crippen molar-refractivity contribution < 1.29 is 4.42 Å². The van der Waals surface area contributed by atoms with E-state index in [-0.39, 0.29) is 0 Å². The van der Waals surface area contributed by atoms with Gasteiger partial charge in [-0.1, -0.05) is 60.7 Å². The maximum Gasteiger partial charge on any atom is 0.153 e. The third-order valence-electron chi connectivity index (χ3n) is 5.77. The van der Waals surface area contributed by atoms with Crippen LogP contribution in [-0.2, 0) is 0 Å². The number of rotatable bonds is 4. The molecule has 6 aromatic rings. The van der Waals surface area contributed by atoms with Gasteiger partial charge in [0.2, 0.25) is 0 Å². The fraction of sp³-hybridized carbons (Fsp3) is 0. The molecule has 0 N–H and O–H groups in total. The molecule has 32 heavy (non-hydrogen) atoms. The van der Waals surface area contributed by atoms with Crippen molar-refractivity contribution in [3.8, 4) is 11.1 Å². The van der Waals surface area contributed by atoms with E-state index in [1.54, 1.807) is 12.4 Å². The van der Waals surface area contributed by atoms with Gasteiger partial charge in [-0.3, -0.25) is 4.98 Å². The molecule has 0 amide bonds. The minimum absolute atomic E-state index is 0.804. The van der Waals surface area contributed by atoms with Gasteiger partial charge in [0, 0.05) is 40.1 Å². The van der Waals surface area contributed by atoms with E-state index in [0.717, 1.165) is 39.0 Å². The van der Waals surface area contributed by atoms with Crippen molar-refractivity contribution in [1.82, 2.24) is 4.98 Å². The Kier molecular flexibility index (Phi) is 4.43. The van der Waals surface area contributed by atoms with Crippen molar-refractivity contribution in [3.05, 3.63) is 122 Å². The molecule has 0 aliphatic carbocycles. The van der Waals surface area contributed by atoms with Crippen LogP contribution >= 0.6 is 0 Å². The zero-order chi connectivity index (χ0) is 21.3. The molecule has 0 saturated heterocycles. The Hall–Kier alpha value is -4.37. The standard InChI is InChI=1S/C29H20N2O/c1-3-7-21(8-4-1)22-11-13-24(14-12-22)31(23-9-5-2-6-10-23)25-15-16-26-27-17-18-30-20-29(27)32-28(26)19-25/h1-20H. The van der Waals surface area contributed by atoms with Crippen molar-refractivity contribution in [2.24, 2.45) is 0 Å². The number of benzene rings is 4. The van der Waals surface area contributed by atoms with Gasteiger partial charge in [-0.25, -0.2) is 0 Å². The first-order chi connectivity index (χ1) is 15.9. The van der Waals surface area contributed by atoms with Gasteiger partial charge in [0.05, 0.1) is 6.20 Å². The second kappa shape index (κ2) is 7.71. The van der Waals surface area contributed by atoms with Crippen LogP contribution in [0.2, 0.25) is 0 Å². The maximum absolute atomic E-state index is 6.10. The molecule has 0 unspecified atom stereocenters. The van der Waals surface area contributed by atoms with Crippen molar-refractivity contribution in [3.63, 3.8) is 0 Å². The van der Waals surface area contributed by atoms with E-state index >= 15 is 0 Å². The van der Waals surface area contributed by atoms with Crippen molar-refractivity contribution in [1.29, 1.82) is 0 Å². The summed E-state index contributed by atoms with van der Waals surface area (Å²) in [6, 6.07) is 37.9. The predicted molar refractivity (Wildman–Crippen MR) is 132 cm³/mol. The Balaban J connectivity index is 1.48. The second-order valence-corrected chi connectivity index (χ2v) is 7.74. The zero-order valence-corrected chi connectivity index (χ0v) is 17.3. The number of hydrogen-bond donors (Lipinski definition) is 0. The Morgan fingerprint density at radius 2 is 1.16 bits per heavy atom. The fourth-order valence-electron chi connectivity index (χ4n) is 4.22. The maximum atomic E-state index is 6.10. The molecular formula is C29H20N2O. The summed E-state index contributed by atoms with van der Waals surface area (Å²) in [6.45, 7) is 0. The molecule has 4 aromatic carbocycles. The van der Waals surface area contributed by atoms with E-state index < -0.39 is 0 Å². The van der Waals surface area contributed by atoms with Crippen LogP contribution in [0.25, 0.3) is 33.1 Å². The summed E-state index contributed by atoms with van der Waals surface area (Å²) >= 11 is 0. The average Bonchev–Trinajstić information content (AvgIpc) is 3.24. The van der Waals surface area contributed by atoms with E-state index in [9.17, 15) is 0 Å². The van der Waals surface area contributed by atoms with Gasteiger partial charge in [0.1, 0.15) is 5.58 Å². The van der Waals surface area contributed by atoms with Crippen LogP contribution in [0.4, 0.5) is 17.1 Å². The third-order valence-corrected chi connectivity index (χ3v) is 5.77. The Labute approximate surface area is 186 Å². The first-order valence-electron chi connectivity index (χ1n) is 10.6. The Morgan fingerprint density at radius 1 is 0.531 bits per heavy atom. The summed E-state index contributed by atoms with van der Waals surface area (Å²) in [7, 11) is 0. The van der Waals surface area contributed by atoms with Crippen LogP contribution in [0.5, 0.6) is 0 Å². The molecule has 2 aromatic heterocycles. The highest BCUT2D eigenvalue weighted by Gasteiger charge is 2.15. The molecule has 0 radical (unpaired) electrons. The van der Waals surface area contributed by atoms with Crippen molar-refractivity contribution in [2.45, 2.75) is 0 Å². The Bertz CT molecular complexity index is 1500. The minimum atomic E-state index is 0.804. The van der Waals surface area contributed by atoms with E-state index in [4.69, 9.17) is 4.42 Å². The third kappa shape index (κ3) is 3.21. The molecule has 2 heterocycles. The summed E-state index contributed by atoms with van der Waals surface area (Å²) in [4.78, 5) is 6.44. The zero-order valence-electron chi connectivity index (χ0n) is 17.3. The molecule has 0 aliphatic heterocycles. The molecule has 0 bridgehead atoms. The molecule has 0 saturated carbocycles. The molecule has 3 heteroatoms.